The SMILES string of the molecule is O=C(c1ccc(Cc2ccccc2F)nc1)N1CCC(CO)CC1. The fourth-order valence-electron chi connectivity index (χ4n) is 2.99. The van der Waals surface area contributed by atoms with Crippen LogP contribution >= 0.6 is 0 Å². The molecular weight excluding hydrogens is 307 g/mol. The molecule has 0 saturated carbocycles. The second-order valence-corrected chi connectivity index (χ2v) is 6.22. The van der Waals surface area contributed by atoms with Crippen LogP contribution in [0.5, 0.6) is 0 Å². The topological polar surface area (TPSA) is 53.4 Å². The van der Waals surface area contributed by atoms with Gasteiger partial charge in [-0.3, -0.25) is 9.78 Å². The minimum Gasteiger partial charge on any atom is -0.396 e. The average Bonchev–Trinajstić information content (AvgIpc) is 2.64. The summed E-state index contributed by atoms with van der Waals surface area (Å²) in [6.07, 6.45) is 3.64. The van der Waals surface area contributed by atoms with Gasteiger partial charge in [-0.1, -0.05) is 18.2 Å². The number of pyridine rings is 1. The van der Waals surface area contributed by atoms with Crippen molar-refractivity contribution >= 4 is 5.91 Å². The molecule has 0 aliphatic carbocycles. The van der Waals surface area contributed by atoms with Crippen LogP contribution in [-0.4, -0.2) is 40.6 Å². The molecule has 0 atom stereocenters. The Labute approximate surface area is 141 Å². The summed E-state index contributed by atoms with van der Waals surface area (Å²) in [5, 5.41) is 9.16. The van der Waals surface area contributed by atoms with Crippen LogP contribution in [-0.2, 0) is 6.42 Å². The van der Waals surface area contributed by atoms with E-state index >= 15 is 0 Å². The Morgan fingerprint density at radius 3 is 2.58 bits per heavy atom. The van der Waals surface area contributed by atoms with Crippen molar-refractivity contribution in [1.29, 1.82) is 0 Å². The van der Waals surface area contributed by atoms with Gasteiger partial charge in [0.2, 0.25) is 0 Å². The molecule has 1 amide bonds. The van der Waals surface area contributed by atoms with Gasteiger partial charge in [0.15, 0.2) is 0 Å². The van der Waals surface area contributed by atoms with E-state index in [1.165, 1.54) is 6.07 Å². The number of hydrogen-bond acceptors (Lipinski definition) is 3. The molecule has 1 aliphatic rings. The third kappa shape index (κ3) is 3.79. The van der Waals surface area contributed by atoms with E-state index in [4.69, 9.17) is 5.11 Å². The number of nitrogens with zero attached hydrogens (tertiary/aromatic N) is 2. The molecule has 0 radical (unpaired) electrons. The number of benzene rings is 1. The molecule has 3 rings (SSSR count). The lowest BCUT2D eigenvalue weighted by molar-refractivity contribution is 0.0650. The quantitative estimate of drug-likeness (QED) is 0.939. The fraction of sp³-hybridized carbons (Fsp3) is 0.368. The highest BCUT2D eigenvalue weighted by molar-refractivity contribution is 5.94. The summed E-state index contributed by atoms with van der Waals surface area (Å²) < 4.78 is 13.7. The highest BCUT2D eigenvalue weighted by atomic mass is 19.1. The second-order valence-electron chi connectivity index (χ2n) is 6.22. The van der Waals surface area contributed by atoms with Crippen LogP contribution in [0.1, 0.15) is 34.5 Å². The summed E-state index contributed by atoms with van der Waals surface area (Å²) in [6, 6.07) is 10.2. The van der Waals surface area contributed by atoms with Crippen LogP contribution < -0.4 is 0 Å². The predicted octanol–water partition coefficient (Wildman–Crippen LogP) is 2.66. The summed E-state index contributed by atoms with van der Waals surface area (Å²) in [5.41, 5.74) is 1.88. The predicted molar refractivity (Wildman–Crippen MR) is 89.2 cm³/mol. The zero-order chi connectivity index (χ0) is 16.9. The van der Waals surface area contributed by atoms with E-state index in [2.05, 4.69) is 4.98 Å². The van der Waals surface area contributed by atoms with Crippen LogP contribution in [0.15, 0.2) is 42.6 Å². The van der Waals surface area contributed by atoms with Gasteiger partial charge in [0.1, 0.15) is 5.82 Å². The summed E-state index contributed by atoms with van der Waals surface area (Å²) >= 11 is 0. The van der Waals surface area contributed by atoms with Crippen molar-refractivity contribution in [3.63, 3.8) is 0 Å². The van der Waals surface area contributed by atoms with Crippen LogP contribution in [0.25, 0.3) is 0 Å². The minimum atomic E-state index is -0.244. The Kier molecular flexibility index (Phi) is 5.20. The van der Waals surface area contributed by atoms with Gasteiger partial charge >= 0.3 is 0 Å². The maximum atomic E-state index is 13.7. The Hall–Kier alpha value is -2.27. The standard InChI is InChI=1S/C19H21FN2O2/c20-18-4-2-1-3-15(18)11-17-6-5-16(12-21-17)19(24)22-9-7-14(13-23)8-10-22/h1-6,12,14,23H,7-11,13H2. The number of likely N-dealkylation sites (tertiary alicyclic amines) is 1. The van der Waals surface area contributed by atoms with Crippen LogP contribution in [0.3, 0.4) is 0 Å². The van der Waals surface area contributed by atoms with Crippen molar-refractivity contribution < 1.29 is 14.3 Å². The molecule has 24 heavy (non-hydrogen) atoms. The molecule has 0 spiro atoms. The van der Waals surface area contributed by atoms with E-state index in [1.54, 1.807) is 41.4 Å². The minimum absolute atomic E-state index is 0.0312. The number of rotatable bonds is 4. The first-order valence-electron chi connectivity index (χ1n) is 8.26. The molecule has 1 fully saturated rings. The first-order valence-corrected chi connectivity index (χ1v) is 8.26. The van der Waals surface area contributed by atoms with Crippen LogP contribution in [0, 0.1) is 11.7 Å². The van der Waals surface area contributed by atoms with E-state index < -0.39 is 0 Å². The lowest BCUT2D eigenvalue weighted by atomic mass is 9.97. The highest BCUT2D eigenvalue weighted by Gasteiger charge is 2.23. The summed E-state index contributed by atoms with van der Waals surface area (Å²) in [6.45, 7) is 1.52. The summed E-state index contributed by atoms with van der Waals surface area (Å²) in [4.78, 5) is 18.6. The number of carbonyl (C=O) groups is 1. The fourth-order valence-corrected chi connectivity index (χ4v) is 2.99. The maximum absolute atomic E-state index is 13.7. The number of hydrogen-bond donors (Lipinski definition) is 1. The zero-order valence-electron chi connectivity index (χ0n) is 13.5. The van der Waals surface area contributed by atoms with Gasteiger partial charge in [-0.2, -0.15) is 0 Å². The van der Waals surface area contributed by atoms with E-state index in [1.807, 2.05) is 0 Å². The van der Waals surface area contributed by atoms with Crippen molar-refractivity contribution in [1.82, 2.24) is 9.88 Å². The molecule has 126 valence electrons. The Morgan fingerprint density at radius 1 is 1.21 bits per heavy atom. The Balaban J connectivity index is 1.64. The third-order valence-electron chi connectivity index (χ3n) is 4.56. The average molecular weight is 328 g/mol. The zero-order valence-corrected chi connectivity index (χ0v) is 13.5. The molecular formula is C19H21FN2O2. The van der Waals surface area contributed by atoms with Crippen molar-refractivity contribution in [2.75, 3.05) is 19.7 Å². The number of carbonyl (C=O) groups excluding carboxylic acids is 1. The molecule has 2 aromatic rings. The smallest absolute Gasteiger partial charge is 0.255 e. The monoisotopic (exact) mass is 328 g/mol. The van der Waals surface area contributed by atoms with Gasteiger partial charge in [0.05, 0.1) is 5.56 Å². The van der Waals surface area contributed by atoms with Gasteiger partial charge in [-0.25, -0.2) is 4.39 Å². The highest BCUT2D eigenvalue weighted by Crippen LogP contribution is 2.19. The molecule has 1 N–H and O–H groups in total. The van der Waals surface area contributed by atoms with Crippen molar-refractivity contribution in [2.45, 2.75) is 19.3 Å². The maximum Gasteiger partial charge on any atom is 0.255 e. The van der Waals surface area contributed by atoms with Gasteiger partial charge < -0.3 is 10.0 Å². The van der Waals surface area contributed by atoms with E-state index in [9.17, 15) is 9.18 Å². The number of aliphatic hydroxyl groups is 1. The largest absolute Gasteiger partial charge is 0.396 e. The normalized spacial score (nSPS) is 15.5. The molecule has 2 heterocycles. The number of amides is 1. The number of aromatic nitrogens is 1. The Morgan fingerprint density at radius 2 is 1.96 bits per heavy atom. The van der Waals surface area contributed by atoms with Crippen LogP contribution in [0.4, 0.5) is 4.39 Å². The van der Waals surface area contributed by atoms with Gasteiger partial charge in [0.25, 0.3) is 5.91 Å². The molecule has 1 aromatic carbocycles. The number of halogens is 1. The number of aliphatic hydroxyl groups excluding tert-OH is 1. The van der Waals surface area contributed by atoms with E-state index in [0.717, 1.165) is 18.5 Å². The number of piperidine rings is 1. The molecule has 0 bridgehead atoms. The van der Waals surface area contributed by atoms with Gasteiger partial charge in [-0.05, 0) is 42.5 Å². The van der Waals surface area contributed by atoms with E-state index in [-0.39, 0.29) is 18.3 Å². The van der Waals surface area contributed by atoms with Gasteiger partial charge in [-0.15, -0.1) is 0 Å². The molecule has 0 unspecified atom stereocenters. The van der Waals surface area contributed by atoms with E-state index in [0.29, 0.717) is 36.6 Å². The molecule has 4 nitrogen and oxygen atoms in total. The first-order chi connectivity index (χ1) is 11.7. The molecule has 1 aromatic heterocycles. The second kappa shape index (κ2) is 7.53. The van der Waals surface area contributed by atoms with Crippen molar-refractivity contribution in [3.8, 4) is 0 Å². The van der Waals surface area contributed by atoms with Crippen molar-refractivity contribution in [3.05, 3.63) is 65.2 Å². The lowest BCUT2D eigenvalue weighted by Gasteiger charge is -2.31. The summed E-state index contributed by atoms with van der Waals surface area (Å²) in [5.74, 6) is 0.0258. The summed E-state index contributed by atoms with van der Waals surface area (Å²) in [7, 11) is 0. The van der Waals surface area contributed by atoms with Crippen LogP contribution in [0.2, 0.25) is 0 Å². The molecule has 5 heteroatoms. The van der Waals surface area contributed by atoms with Gasteiger partial charge in [0, 0.05) is 38.0 Å². The lowest BCUT2D eigenvalue weighted by Crippen LogP contribution is -2.39. The third-order valence-corrected chi connectivity index (χ3v) is 4.56. The molecule has 1 saturated heterocycles. The molecule has 1 aliphatic heterocycles. The first kappa shape index (κ1) is 16.6. The Bertz CT molecular complexity index is 695. The van der Waals surface area contributed by atoms with Crippen molar-refractivity contribution in [2.24, 2.45) is 5.92 Å².